The van der Waals surface area contributed by atoms with E-state index in [1.54, 1.807) is 0 Å². The predicted octanol–water partition coefficient (Wildman–Crippen LogP) is 6.55. The van der Waals surface area contributed by atoms with Crippen LogP contribution >= 0.6 is 0 Å². The highest BCUT2D eigenvalue weighted by Gasteiger charge is 2.40. The lowest BCUT2D eigenvalue weighted by Gasteiger charge is -2.44. The van der Waals surface area contributed by atoms with Crippen molar-refractivity contribution in [1.82, 2.24) is 0 Å². The van der Waals surface area contributed by atoms with Crippen LogP contribution in [-0.2, 0) is 14.3 Å². The minimum Gasteiger partial charge on any atom is -0.348 e. The highest BCUT2D eigenvalue weighted by Crippen LogP contribution is 2.40. The SMILES string of the molecule is CC(C)[C@@H]1O[C@@H](c2cccc(NC(=O)C(c3ccccc3)c3ccccc3)c2)OCC1(C)C. The van der Waals surface area contributed by atoms with Crippen LogP contribution < -0.4 is 5.32 Å². The molecule has 3 aromatic rings. The van der Waals surface area contributed by atoms with Crippen molar-refractivity contribution in [2.45, 2.75) is 46.0 Å². The van der Waals surface area contributed by atoms with Crippen LogP contribution in [0.3, 0.4) is 0 Å². The number of ether oxygens (including phenoxy) is 2. The summed E-state index contributed by atoms with van der Waals surface area (Å²) in [6, 6.07) is 27.5. The molecule has 172 valence electrons. The smallest absolute Gasteiger partial charge is 0.236 e. The maximum Gasteiger partial charge on any atom is 0.236 e. The van der Waals surface area contributed by atoms with Crippen LogP contribution in [0.4, 0.5) is 5.69 Å². The van der Waals surface area contributed by atoms with E-state index in [4.69, 9.17) is 9.47 Å². The average molecular weight is 444 g/mol. The maximum absolute atomic E-state index is 13.5. The lowest BCUT2D eigenvalue weighted by atomic mass is 9.80. The van der Waals surface area contributed by atoms with Crippen molar-refractivity contribution in [2.75, 3.05) is 11.9 Å². The number of amides is 1. The Hall–Kier alpha value is -2.95. The summed E-state index contributed by atoms with van der Waals surface area (Å²) in [6.07, 6.45) is -0.351. The molecular formula is C29H33NO3. The Morgan fingerprint density at radius 1 is 0.909 bits per heavy atom. The van der Waals surface area contributed by atoms with Crippen molar-refractivity contribution in [2.24, 2.45) is 11.3 Å². The zero-order chi connectivity index (χ0) is 23.4. The van der Waals surface area contributed by atoms with Gasteiger partial charge in [-0.1, -0.05) is 100 Å². The summed E-state index contributed by atoms with van der Waals surface area (Å²) in [4.78, 5) is 13.5. The molecule has 1 heterocycles. The normalized spacial score (nSPS) is 20.1. The van der Waals surface area contributed by atoms with Crippen LogP contribution in [0.5, 0.6) is 0 Å². The zero-order valence-corrected chi connectivity index (χ0v) is 19.8. The molecule has 0 aromatic heterocycles. The Labute approximate surface area is 196 Å². The zero-order valence-electron chi connectivity index (χ0n) is 19.8. The number of carbonyl (C=O) groups excluding carboxylic acids is 1. The third-order valence-corrected chi connectivity index (χ3v) is 6.21. The Morgan fingerprint density at radius 3 is 2.09 bits per heavy atom. The topological polar surface area (TPSA) is 47.6 Å². The van der Waals surface area contributed by atoms with E-state index in [9.17, 15) is 4.79 Å². The van der Waals surface area contributed by atoms with Crippen LogP contribution in [0.25, 0.3) is 0 Å². The Bertz CT molecular complexity index is 1020. The highest BCUT2D eigenvalue weighted by molar-refractivity contribution is 5.98. The van der Waals surface area contributed by atoms with Crippen LogP contribution in [0.15, 0.2) is 84.9 Å². The largest absolute Gasteiger partial charge is 0.348 e. The number of hydrogen-bond acceptors (Lipinski definition) is 3. The van der Waals surface area contributed by atoms with E-state index in [-0.39, 0.29) is 17.4 Å². The van der Waals surface area contributed by atoms with E-state index >= 15 is 0 Å². The summed E-state index contributed by atoms with van der Waals surface area (Å²) in [6.45, 7) is 9.34. The summed E-state index contributed by atoms with van der Waals surface area (Å²) in [7, 11) is 0. The minimum absolute atomic E-state index is 0.0465. The Kier molecular flexibility index (Phi) is 6.96. The van der Waals surface area contributed by atoms with E-state index in [1.165, 1.54) is 0 Å². The van der Waals surface area contributed by atoms with Crippen LogP contribution in [0.2, 0.25) is 0 Å². The van der Waals surface area contributed by atoms with Gasteiger partial charge in [0.15, 0.2) is 6.29 Å². The summed E-state index contributed by atoms with van der Waals surface area (Å²) >= 11 is 0. The molecule has 1 saturated heterocycles. The highest BCUT2D eigenvalue weighted by atomic mass is 16.7. The van der Waals surface area contributed by atoms with Gasteiger partial charge >= 0.3 is 0 Å². The molecule has 3 aromatic carbocycles. The first-order valence-corrected chi connectivity index (χ1v) is 11.6. The van der Waals surface area contributed by atoms with Crippen LogP contribution in [0.1, 0.15) is 56.6 Å². The van der Waals surface area contributed by atoms with E-state index in [0.29, 0.717) is 12.5 Å². The first-order chi connectivity index (χ1) is 15.8. The molecule has 4 rings (SSSR count). The fraction of sp³-hybridized carbons (Fsp3) is 0.345. The molecule has 0 unspecified atom stereocenters. The molecular weight excluding hydrogens is 410 g/mol. The van der Waals surface area contributed by atoms with Gasteiger partial charge < -0.3 is 14.8 Å². The number of benzene rings is 3. The van der Waals surface area contributed by atoms with Gasteiger partial charge in [0.1, 0.15) is 0 Å². The van der Waals surface area contributed by atoms with Gasteiger partial charge in [0.25, 0.3) is 0 Å². The molecule has 33 heavy (non-hydrogen) atoms. The van der Waals surface area contributed by atoms with E-state index in [2.05, 4.69) is 33.0 Å². The average Bonchev–Trinajstić information content (AvgIpc) is 2.80. The molecule has 1 aliphatic heterocycles. The van der Waals surface area contributed by atoms with Crippen molar-refractivity contribution in [3.05, 3.63) is 102 Å². The summed E-state index contributed by atoms with van der Waals surface area (Å²) in [5.74, 6) is -0.0904. The monoisotopic (exact) mass is 443 g/mol. The van der Waals surface area contributed by atoms with Gasteiger partial charge in [-0.2, -0.15) is 0 Å². The first-order valence-electron chi connectivity index (χ1n) is 11.6. The van der Waals surface area contributed by atoms with Gasteiger partial charge in [0, 0.05) is 16.7 Å². The number of hydrogen-bond donors (Lipinski definition) is 1. The van der Waals surface area contributed by atoms with Crippen molar-refractivity contribution in [3.63, 3.8) is 0 Å². The van der Waals surface area contributed by atoms with E-state index < -0.39 is 12.2 Å². The second kappa shape index (κ2) is 9.90. The standard InChI is InChI=1S/C29H33NO3/c1-20(2)26-29(3,4)19-32-28(33-26)23-16-11-17-24(18-23)30-27(31)25(21-12-7-5-8-13-21)22-14-9-6-10-15-22/h5-18,20,25-26,28H,19H2,1-4H3,(H,30,31)/t26-,28-/m0/s1. The Balaban J connectivity index is 1.56. The van der Waals surface area contributed by atoms with Gasteiger partial charge in [-0.05, 0) is 29.2 Å². The second-order valence-corrected chi connectivity index (χ2v) is 9.80. The molecule has 1 amide bonds. The fourth-order valence-electron chi connectivity index (χ4n) is 4.73. The van der Waals surface area contributed by atoms with Gasteiger partial charge in [0.2, 0.25) is 5.91 Å². The van der Waals surface area contributed by atoms with Crippen molar-refractivity contribution in [1.29, 1.82) is 0 Å². The molecule has 4 nitrogen and oxygen atoms in total. The number of anilines is 1. The van der Waals surface area contributed by atoms with Crippen LogP contribution in [0, 0.1) is 11.3 Å². The quantitative estimate of drug-likeness (QED) is 0.470. The van der Waals surface area contributed by atoms with Gasteiger partial charge in [-0.3, -0.25) is 4.79 Å². The number of rotatable bonds is 6. The van der Waals surface area contributed by atoms with Crippen LogP contribution in [-0.4, -0.2) is 18.6 Å². The summed E-state index contributed by atoms with van der Waals surface area (Å²) in [5.41, 5.74) is 3.50. The molecule has 2 atom stereocenters. The molecule has 1 aliphatic rings. The maximum atomic E-state index is 13.5. The minimum atomic E-state index is -0.443. The third-order valence-electron chi connectivity index (χ3n) is 6.21. The van der Waals surface area contributed by atoms with Crippen molar-refractivity contribution in [3.8, 4) is 0 Å². The van der Waals surface area contributed by atoms with Gasteiger partial charge in [-0.25, -0.2) is 0 Å². The molecule has 1 fully saturated rings. The van der Waals surface area contributed by atoms with E-state index in [1.807, 2.05) is 84.9 Å². The molecule has 0 saturated carbocycles. The number of nitrogens with one attached hydrogen (secondary N) is 1. The van der Waals surface area contributed by atoms with Crippen molar-refractivity contribution < 1.29 is 14.3 Å². The third kappa shape index (κ3) is 5.35. The molecule has 0 aliphatic carbocycles. The fourth-order valence-corrected chi connectivity index (χ4v) is 4.73. The molecule has 0 spiro atoms. The Morgan fingerprint density at radius 2 is 1.52 bits per heavy atom. The summed E-state index contributed by atoms with van der Waals surface area (Å²) in [5, 5.41) is 3.12. The lowest BCUT2D eigenvalue weighted by molar-refractivity contribution is -0.274. The van der Waals surface area contributed by atoms with Crippen molar-refractivity contribution >= 4 is 11.6 Å². The van der Waals surface area contributed by atoms with Gasteiger partial charge in [0.05, 0.1) is 18.6 Å². The predicted molar refractivity (Wildman–Crippen MR) is 132 cm³/mol. The summed E-state index contributed by atoms with van der Waals surface area (Å²) < 4.78 is 12.4. The van der Waals surface area contributed by atoms with E-state index in [0.717, 1.165) is 22.4 Å². The van der Waals surface area contributed by atoms with Gasteiger partial charge in [-0.15, -0.1) is 0 Å². The molecule has 0 bridgehead atoms. The molecule has 1 N–H and O–H groups in total. The first kappa shape index (κ1) is 23.2. The molecule has 0 radical (unpaired) electrons. The number of carbonyl (C=O) groups is 1. The molecule has 4 heteroatoms. The second-order valence-electron chi connectivity index (χ2n) is 9.80. The lowest BCUT2D eigenvalue weighted by Crippen LogP contribution is -2.45.